The van der Waals surface area contributed by atoms with Crippen LogP contribution in [-0.2, 0) is 4.79 Å². The van der Waals surface area contributed by atoms with Gasteiger partial charge in [-0.05, 0) is 48.0 Å². The molecule has 5 nitrogen and oxygen atoms in total. The Kier molecular flexibility index (Phi) is 5.98. The van der Waals surface area contributed by atoms with Crippen LogP contribution in [0.5, 0.6) is 11.5 Å². The van der Waals surface area contributed by atoms with E-state index in [0.29, 0.717) is 27.3 Å². The first-order chi connectivity index (χ1) is 13.1. The predicted molar refractivity (Wildman–Crippen MR) is 111 cm³/mol. The van der Waals surface area contributed by atoms with Gasteiger partial charge in [0.2, 0.25) is 0 Å². The largest absolute Gasteiger partial charge is 0.497 e. The highest BCUT2D eigenvalue weighted by atomic mass is 32.2. The summed E-state index contributed by atoms with van der Waals surface area (Å²) < 4.78 is 10.5. The summed E-state index contributed by atoms with van der Waals surface area (Å²) in [7, 11) is 3.16. The van der Waals surface area contributed by atoms with Crippen LogP contribution >= 0.6 is 11.8 Å². The smallest absolute Gasteiger partial charge is 0.264 e. The summed E-state index contributed by atoms with van der Waals surface area (Å²) in [6, 6.07) is 15.3. The van der Waals surface area contributed by atoms with Crippen molar-refractivity contribution < 1.29 is 14.3 Å². The lowest BCUT2D eigenvalue weighted by Gasteiger charge is -2.07. The molecule has 1 fully saturated rings. The van der Waals surface area contributed by atoms with Gasteiger partial charge in [0, 0.05) is 6.07 Å². The lowest BCUT2D eigenvalue weighted by Crippen LogP contribution is -2.19. The molecule has 27 heavy (non-hydrogen) atoms. The van der Waals surface area contributed by atoms with E-state index >= 15 is 0 Å². The van der Waals surface area contributed by atoms with Gasteiger partial charge in [-0.15, -0.1) is 0 Å². The fourth-order valence-corrected chi connectivity index (χ4v) is 3.41. The van der Waals surface area contributed by atoms with Gasteiger partial charge in [-0.25, -0.2) is 4.99 Å². The van der Waals surface area contributed by atoms with Gasteiger partial charge in [0.05, 0.1) is 19.1 Å². The van der Waals surface area contributed by atoms with Crippen LogP contribution in [0, 0.1) is 0 Å². The molecule has 1 N–H and O–H groups in total. The van der Waals surface area contributed by atoms with Gasteiger partial charge >= 0.3 is 0 Å². The number of thioether (sulfide) groups is 1. The highest BCUT2D eigenvalue weighted by Gasteiger charge is 2.24. The third-order valence-electron chi connectivity index (χ3n) is 3.81. The van der Waals surface area contributed by atoms with Gasteiger partial charge in [-0.2, -0.15) is 0 Å². The molecule has 1 heterocycles. The van der Waals surface area contributed by atoms with E-state index < -0.39 is 0 Å². The summed E-state index contributed by atoms with van der Waals surface area (Å²) in [5.74, 6) is 1.10. The first kappa shape index (κ1) is 18.8. The van der Waals surface area contributed by atoms with Gasteiger partial charge in [0.1, 0.15) is 17.2 Å². The summed E-state index contributed by atoms with van der Waals surface area (Å²) in [6.45, 7) is 1.97. The Hall–Kier alpha value is -2.99. The zero-order chi connectivity index (χ0) is 19.2. The van der Waals surface area contributed by atoms with Crippen molar-refractivity contribution in [1.29, 1.82) is 0 Å². The molecule has 1 amide bonds. The summed E-state index contributed by atoms with van der Waals surface area (Å²) in [5, 5.41) is 3.31. The molecule has 2 aromatic carbocycles. The molecule has 0 spiro atoms. The van der Waals surface area contributed by atoms with Crippen molar-refractivity contribution in [2.75, 3.05) is 14.2 Å². The van der Waals surface area contributed by atoms with Crippen molar-refractivity contribution in [1.82, 2.24) is 5.32 Å². The van der Waals surface area contributed by atoms with E-state index in [9.17, 15) is 4.79 Å². The van der Waals surface area contributed by atoms with Crippen molar-refractivity contribution in [3.05, 3.63) is 70.6 Å². The molecule has 0 atom stereocenters. The third kappa shape index (κ3) is 4.80. The topological polar surface area (TPSA) is 59.9 Å². The molecule has 0 unspecified atom stereocenters. The highest BCUT2D eigenvalue weighted by molar-refractivity contribution is 8.18. The number of carbonyl (C=O) groups is 1. The maximum absolute atomic E-state index is 12.3. The predicted octanol–water partition coefficient (Wildman–Crippen LogP) is 4.54. The van der Waals surface area contributed by atoms with Crippen LogP contribution in [0.3, 0.4) is 0 Å². The number of rotatable bonds is 5. The number of amides is 1. The van der Waals surface area contributed by atoms with Crippen molar-refractivity contribution >= 4 is 34.6 Å². The fraction of sp³-hybridized carbons (Fsp3) is 0.143. The van der Waals surface area contributed by atoms with Crippen molar-refractivity contribution in [2.45, 2.75) is 6.92 Å². The molecule has 0 saturated carbocycles. The molecule has 2 aromatic rings. The summed E-state index contributed by atoms with van der Waals surface area (Å²) in [4.78, 5) is 17.4. The highest BCUT2D eigenvalue weighted by Crippen LogP contribution is 2.34. The second-order valence-electron chi connectivity index (χ2n) is 5.82. The quantitative estimate of drug-likeness (QED) is 0.774. The minimum absolute atomic E-state index is 0.160. The van der Waals surface area contributed by atoms with E-state index in [1.165, 1.54) is 11.8 Å². The molecular weight excluding hydrogens is 360 g/mol. The van der Waals surface area contributed by atoms with E-state index in [1.807, 2.05) is 49.4 Å². The Morgan fingerprint density at radius 1 is 1.11 bits per heavy atom. The number of nitrogens with one attached hydrogen (secondary N) is 1. The molecule has 0 radical (unpaired) electrons. The molecule has 1 saturated heterocycles. The monoisotopic (exact) mass is 380 g/mol. The number of aliphatic imine (C=N–C) groups is 1. The standard InChI is InChI=1S/C21H20N2O3S/c1-14(11-15-7-5-4-6-8-15)12-19-20(24)23-21(27-19)22-17-10-9-16(25-2)13-18(17)26-3/h4-13H,1-3H3,(H,22,23,24)/b14-11+,19-12-. The normalized spacial score (nSPS) is 17.3. The molecule has 0 bridgehead atoms. The Morgan fingerprint density at radius 3 is 2.59 bits per heavy atom. The number of hydrogen-bond acceptors (Lipinski definition) is 5. The number of benzene rings is 2. The zero-order valence-electron chi connectivity index (χ0n) is 15.4. The second-order valence-corrected chi connectivity index (χ2v) is 6.85. The van der Waals surface area contributed by atoms with Gasteiger partial charge in [-0.3, -0.25) is 4.79 Å². The number of nitrogens with zero attached hydrogens (tertiary/aromatic N) is 1. The first-order valence-corrected chi connectivity index (χ1v) is 9.15. The van der Waals surface area contributed by atoms with Crippen LogP contribution in [-0.4, -0.2) is 25.3 Å². The number of methoxy groups -OCH3 is 2. The van der Waals surface area contributed by atoms with Crippen LogP contribution in [0.25, 0.3) is 6.08 Å². The number of hydrogen-bond donors (Lipinski definition) is 1. The van der Waals surface area contributed by atoms with Crippen LogP contribution in [0.1, 0.15) is 12.5 Å². The van der Waals surface area contributed by atoms with Crippen LogP contribution < -0.4 is 14.8 Å². The van der Waals surface area contributed by atoms with Crippen molar-refractivity contribution in [2.24, 2.45) is 4.99 Å². The van der Waals surface area contributed by atoms with Gasteiger partial charge in [-0.1, -0.05) is 36.4 Å². The number of ether oxygens (including phenoxy) is 2. The average molecular weight is 380 g/mol. The lowest BCUT2D eigenvalue weighted by molar-refractivity contribution is -0.115. The molecule has 0 aromatic heterocycles. The van der Waals surface area contributed by atoms with E-state index in [1.54, 1.807) is 32.4 Å². The van der Waals surface area contributed by atoms with Gasteiger partial charge < -0.3 is 14.8 Å². The first-order valence-electron chi connectivity index (χ1n) is 8.34. The number of carbonyl (C=O) groups excluding carboxylic acids is 1. The van der Waals surface area contributed by atoms with Crippen molar-refractivity contribution in [3.8, 4) is 11.5 Å². The molecular formula is C21H20N2O3S. The Balaban J connectivity index is 1.81. The molecule has 6 heteroatoms. The maximum atomic E-state index is 12.3. The third-order valence-corrected chi connectivity index (χ3v) is 4.72. The molecule has 1 aliphatic heterocycles. The van der Waals surface area contributed by atoms with Crippen LogP contribution in [0.4, 0.5) is 5.69 Å². The van der Waals surface area contributed by atoms with Gasteiger partial charge in [0.15, 0.2) is 5.17 Å². The summed E-state index contributed by atoms with van der Waals surface area (Å²) >= 11 is 1.30. The van der Waals surface area contributed by atoms with E-state index in [4.69, 9.17) is 9.47 Å². The van der Waals surface area contributed by atoms with Crippen molar-refractivity contribution in [3.63, 3.8) is 0 Å². The summed E-state index contributed by atoms with van der Waals surface area (Å²) in [5.41, 5.74) is 2.70. The minimum Gasteiger partial charge on any atom is -0.497 e. The number of allylic oxidation sites excluding steroid dienone is 2. The Bertz CT molecular complexity index is 934. The average Bonchev–Trinajstić information content (AvgIpc) is 3.01. The Morgan fingerprint density at radius 2 is 1.89 bits per heavy atom. The molecule has 138 valence electrons. The van der Waals surface area contributed by atoms with Gasteiger partial charge in [0.25, 0.3) is 5.91 Å². The fourth-order valence-electron chi connectivity index (χ4n) is 2.53. The number of amidine groups is 1. The zero-order valence-corrected chi connectivity index (χ0v) is 16.2. The summed E-state index contributed by atoms with van der Waals surface area (Å²) in [6.07, 6.45) is 3.89. The van der Waals surface area contributed by atoms with Crippen LogP contribution in [0.2, 0.25) is 0 Å². The van der Waals surface area contributed by atoms with E-state index in [-0.39, 0.29) is 5.91 Å². The van der Waals surface area contributed by atoms with E-state index in [2.05, 4.69) is 10.3 Å². The lowest BCUT2D eigenvalue weighted by atomic mass is 10.1. The SMILES string of the molecule is COc1ccc(N=C2NC(=O)/C(=C/C(C)=C/c3ccccc3)S2)c(OC)c1. The van der Waals surface area contributed by atoms with Crippen LogP contribution in [0.15, 0.2) is 70.1 Å². The second kappa shape index (κ2) is 8.60. The maximum Gasteiger partial charge on any atom is 0.264 e. The molecule has 0 aliphatic carbocycles. The molecule has 3 rings (SSSR count). The molecule has 1 aliphatic rings. The minimum atomic E-state index is -0.160. The van der Waals surface area contributed by atoms with E-state index in [0.717, 1.165) is 11.1 Å². The Labute approximate surface area is 162 Å².